The number of ether oxygens (including phenoxy) is 2. The van der Waals surface area contributed by atoms with Crippen molar-refractivity contribution < 1.29 is 18.7 Å². The number of benzene rings is 2. The monoisotopic (exact) mass is 684 g/mol. The van der Waals surface area contributed by atoms with Crippen LogP contribution in [0.2, 0.25) is 0 Å². The molecule has 0 spiro atoms. The van der Waals surface area contributed by atoms with Gasteiger partial charge in [0.25, 0.3) is 5.56 Å². The number of furan rings is 1. The molecule has 0 amide bonds. The van der Waals surface area contributed by atoms with Crippen LogP contribution in [0.4, 0.5) is 0 Å². The zero-order valence-electron chi connectivity index (χ0n) is 22.1. The Bertz CT molecular complexity index is 1800. The average Bonchev–Trinajstić information content (AvgIpc) is 3.52. The third kappa shape index (κ3) is 5.53. The second-order valence-corrected chi connectivity index (χ2v) is 11.9. The lowest BCUT2D eigenvalue weighted by atomic mass is 9.93. The molecule has 5 rings (SSSR count). The molecule has 10 heteroatoms. The summed E-state index contributed by atoms with van der Waals surface area (Å²) >= 11 is 8.29. The van der Waals surface area contributed by atoms with Crippen LogP contribution in [0, 0.1) is 0 Å². The summed E-state index contributed by atoms with van der Waals surface area (Å²) in [6, 6.07) is 16.3. The maximum absolute atomic E-state index is 14.0. The maximum Gasteiger partial charge on any atom is 0.338 e. The Balaban J connectivity index is 1.72. The summed E-state index contributed by atoms with van der Waals surface area (Å²) in [5.41, 5.74) is 2.24. The summed E-state index contributed by atoms with van der Waals surface area (Å²) in [4.78, 5) is 32.7. The number of nitrogens with zero attached hydrogens (tertiary/aromatic N) is 2. The van der Waals surface area contributed by atoms with Gasteiger partial charge < -0.3 is 13.9 Å². The van der Waals surface area contributed by atoms with Crippen molar-refractivity contribution >= 4 is 55.2 Å². The average molecular weight is 686 g/mol. The summed E-state index contributed by atoms with van der Waals surface area (Å²) in [6.07, 6.45) is 3.04. The van der Waals surface area contributed by atoms with E-state index < -0.39 is 12.0 Å². The summed E-state index contributed by atoms with van der Waals surface area (Å²) in [6.45, 7) is 3.98. The van der Waals surface area contributed by atoms with Gasteiger partial charge in [0, 0.05) is 26.1 Å². The fraction of sp³-hybridized carbons (Fsp3) is 0.233. The van der Waals surface area contributed by atoms with Gasteiger partial charge in [-0.05, 0) is 55.8 Å². The number of carbonyl (C=O) groups is 1. The van der Waals surface area contributed by atoms with Crippen LogP contribution in [-0.2, 0) is 9.53 Å². The molecular weight excluding hydrogens is 660 g/mol. The molecule has 7 nitrogen and oxygen atoms in total. The first-order valence-electron chi connectivity index (χ1n) is 12.8. The zero-order valence-corrected chi connectivity index (χ0v) is 26.1. The molecule has 0 unspecified atom stereocenters. The predicted octanol–water partition coefficient (Wildman–Crippen LogP) is 6.37. The molecule has 0 N–H and O–H groups in total. The number of thiazole rings is 1. The van der Waals surface area contributed by atoms with E-state index in [1.165, 1.54) is 11.3 Å². The highest BCUT2D eigenvalue weighted by Crippen LogP contribution is 2.38. The number of allylic oxidation sites excluding steroid dienone is 1. The SMILES string of the molecule is CCCC1=C(C(=O)OCC)[C@@H](c2cc(Br)ccc2OC)n2c(s/c(=C/c3ccc(-c4cccc(Br)c4)o3)c2=O)=N1. The summed E-state index contributed by atoms with van der Waals surface area (Å²) in [5, 5.41) is 0. The lowest BCUT2D eigenvalue weighted by molar-refractivity contribution is -0.139. The van der Waals surface area contributed by atoms with E-state index in [-0.39, 0.29) is 12.2 Å². The first-order valence-corrected chi connectivity index (χ1v) is 15.2. The number of hydrogen-bond donors (Lipinski definition) is 0. The van der Waals surface area contributed by atoms with Crippen molar-refractivity contribution in [3.8, 4) is 17.1 Å². The molecule has 0 radical (unpaired) electrons. The Morgan fingerprint density at radius 1 is 1.12 bits per heavy atom. The lowest BCUT2D eigenvalue weighted by Gasteiger charge is -2.27. The molecule has 0 bridgehead atoms. The molecule has 40 heavy (non-hydrogen) atoms. The van der Waals surface area contributed by atoms with Crippen molar-refractivity contribution in [3.63, 3.8) is 0 Å². The van der Waals surface area contributed by atoms with Crippen molar-refractivity contribution in [2.24, 2.45) is 4.99 Å². The van der Waals surface area contributed by atoms with Crippen LogP contribution < -0.4 is 19.6 Å². The van der Waals surface area contributed by atoms with Gasteiger partial charge in [0.2, 0.25) is 0 Å². The van der Waals surface area contributed by atoms with Crippen LogP contribution >= 0.6 is 43.2 Å². The Hall–Kier alpha value is -3.21. The topological polar surface area (TPSA) is 83.0 Å². The van der Waals surface area contributed by atoms with Crippen molar-refractivity contribution in [3.05, 3.63) is 106 Å². The van der Waals surface area contributed by atoms with Gasteiger partial charge in [-0.1, -0.05) is 68.7 Å². The van der Waals surface area contributed by atoms with Gasteiger partial charge in [-0.15, -0.1) is 0 Å². The summed E-state index contributed by atoms with van der Waals surface area (Å²) < 4.78 is 21.0. The molecule has 2 aromatic heterocycles. The number of esters is 1. The highest BCUT2D eigenvalue weighted by atomic mass is 79.9. The van der Waals surface area contributed by atoms with Crippen molar-refractivity contribution in [1.82, 2.24) is 4.57 Å². The van der Waals surface area contributed by atoms with Crippen LogP contribution in [0.15, 0.2) is 89.0 Å². The number of methoxy groups -OCH3 is 1. The molecule has 1 aliphatic heterocycles. The Morgan fingerprint density at radius 3 is 2.65 bits per heavy atom. The Labute approximate surface area is 251 Å². The molecular formula is C30H26Br2N2O5S. The molecule has 0 saturated heterocycles. The van der Waals surface area contributed by atoms with Crippen molar-refractivity contribution in [2.75, 3.05) is 13.7 Å². The molecule has 1 atom stereocenters. The number of halogens is 2. The van der Waals surface area contributed by atoms with Gasteiger partial charge in [-0.2, -0.15) is 0 Å². The van der Waals surface area contributed by atoms with E-state index in [0.717, 1.165) is 20.9 Å². The van der Waals surface area contributed by atoms with E-state index in [2.05, 4.69) is 31.9 Å². The molecule has 1 aliphatic rings. The van der Waals surface area contributed by atoms with E-state index >= 15 is 0 Å². The van der Waals surface area contributed by atoms with Gasteiger partial charge in [-0.3, -0.25) is 9.36 Å². The fourth-order valence-corrected chi connectivity index (χ4v) is 6.47. The molecule has 2 aromatic carbocycles. The Kier molecular flexibility index (Phi) is 8.58. The number of hydrogen-bond acceptors (Lipinski definition) is 7. The minimum absolute atomic E-state index is 0.202. The van der Waals surface area contributed by atoms with Gasteiger partial charge in [-0.25, -0.2) is 9.79 Å². The van der Waals surface area contributed by atoms with Gasteiger partial charge in [0.15, 0.2) is 4.80 Å². The highest BCUT2D eigenvalue weighted by molar-refractivity contribution is 9.10. The van der Waals surface area contributed by atoms with Crippen LogP contribution in [0.5, 0.6) is 5.75 Å². The third-order valence-electron chi connectivity index (χ3n) is 6.39. The van der Waals surface area contributed by atoms with E-state index in [0.29, 0.717) is 49.9 Å². The van der Waals surface area contributed by atoms with E-state index in [1.807, 2.05) is 61.5 Å². The molecule has 0 fully saturated rings. The molecule has 0 saturated carbocycles. The van der Waals surface area contributed by atoms with Crippen LogP contribution in [0.25, 0.3) is 17.4 Å². The van der Waals surface area contributed by atoms with Crippen LogP contribution in [0.3, 0.4) is 0 Å². The second kappa shape index (κ2) is 12.1. The van der Waals surface area contributed by atoms with Crippen LogP contribution in [-0.4, -0.2) is 24.3 Å². The molecule has 206 valence electrons. The minimum Gasteiger partial charge on any atom is -0.496 e. The van der Waals surface area contributed by atoms with Crippen molar-refractivity contribution in [1.29, 1.82) is 0 Å². The van der Waals surface area contributed by atoms with Crippen molar-refractivity contribution in [2.45, 2.75) is 32.7 Å². The number of fused-ring (bicyclic) bond motifs is 1. The van der Waals surface area contributed by atoms with Gasteiger partial charge in [0.1, 0.15) is 23.3 Å². The highest BCUT2D eigenvalue weighted by Gasteiger charge is 2.36. The second-order valence-electron chi connectivity index (χ2n) is 9.01. The van der Waals surface area contributed by atoms with Gasteiger partial charge >= 0.3 is 5.97 Å². The minimum atomic E-state index is -0.778. The summed E-state index contributed by atoms with van der Waals surface area (Å²) in [7, 11) is 1.57. The normalized spacial score (nSPS) is 15.1. The Morgan fingerprint density at radius 2 is 1.93 bits per heavy atom. The standard InChI is InChI=1S/C30H26Br2N2O5S/c1-4-7-22-26(29(36)38-5-2)27(21-15-19(32)10-12-24(21)37-3)34-28(35)25(40-30(34)33-22)16-20-11-13-23(39-20)17-8-6-9-18(31)14-17/h6,8-16,27H,4-5,7H2,1-3H3/b25-16+/t27-/m1/s1. The number of carbonyl (C=O) groups excluding carboxylic acids is 1. The number of rotatable bonds is 8. The fourth-order valence-electron chi connectivity index (χ4n) is 4.69. The predicted molar refractivity (Wildman–Crippen MR) is 162 cm³/mol. The first kappa shape index (κ1) is 28.3. The lowest BCUT2D eigenvalue weighted by Crippen LogP contribution is -2.40. The molecule has 3 heterocycles. The maximum atomic E-state index is 14.0. The first-order chi connectivity index (χ1) is 19.3. The largest absolute Gasteiger partial charge is 0.496 e. The summed E-state index contributed by atoms with van der Waals surface area (Å²) in [5.74, 6) is 1.27. The van der Waals surface area contributed by atoms with E-state index in [9.17, 15) is 9.59 Å². The smallest absolute Gasteiger partial charge is 0.338 e. The molecule has 0 aliphatic carbocycles. The van der Waals surface area contributed by atoms with Gasteiger partial charge in [0.05, 0.1) is 29.5 Å². The van der Waals surface area contributed by atoms with Crippen LogP contribution in [0.1, 0.15) is 44.1 Å². The quantitative estimate of drug-likeness (QED) is 0.201. The van der Waals surface area contributed by atoms with E-state index in [4.69, 9.17) is 18.9 Å². The van der Waals surface area contributed by atoms with E-state index in [1.54, 1.807) is 24.7 Å². The zero-order chi connectivity index (χ0) is 28.4. The molecule has 4 aromatic rings. The number of aromatic nitrogens is 1. The third-order valence-corrected chi connectivity index (χ3v) is 8.36.